The first kappa shape index (κ1) is 13.9. The molecule has 1 amide bonds. The largest absolute Gasteiger partial charge is 0.451 e. The molecule has 7 heteroatoms. The fraction of sp³-hybridized carbons (Fsp3) is 0.643. The Labute approximate surface area is 122 Å². The summed E-state index contributed by atoms with van der Waals surface area (Å²) in [6.45, 7) is 8.82. The molecule has 3 heterocycles. The predicted octanol–water partition coefficient (Wildman–Crippen LogP) is 1.87. The van der Waals surface area contributed by atoms with E-state index in [-0.39, 0.29) is 18.2 Å². The van der Waals surface area contributed by atoms with E-state index < -0.39 is 5.60 Å². The monoisotopic (exact) mass is 293 g/mol. The first-order chi connectivity index (χ1) is 9.76. The van der Waals surface area contributed by atoms with E-state index in [9.17, 15) is 9.59 Å². The molecule has 0 N–H and O–H groups in total. The van der Waals surface area contributed by atoms with Crippen LogP contribution in [-0.2, 0) is 22.6 Å². The van der Waals surface area contributed by atoms with Crippen LogP contribution in [0.5, 0.6) is 0 Å². The van der Waals surface area contributed by atoms with E-state index in [4.69, 9.17) is 9.47 Å². The normalized spacial score (nSPS) is 20.9. The van der Waals surface area contributed by atoms with Gasteiger partial charge in [-0.2, -0.15) is 0 Å². The quantitative estimate of drug-likeness (QED) is 0.683. The maximum Gasteiger partial charge on any atom is 0.410 e. The first-order valence-electron chi connectivity index (χ1n) is 7.04. The molecule has 0 radical (unpaired) electrons. The number of amides is 1. The molecule has 21 heavy (non-hydrogen) atoms. The van der Waals surface area contributed by atoms with Crippen LogP contribution in [0, 0.1) is 0 Å². The molecule has 0 aliphatic carbocycles. The highest BCUT2D eigenvalue weighted by Crippen LogP contribution is 2.32. The zero-order valence-electron chi connectivity index (χ0n) is 12.7. The second kappa shape index (κ2) is 4.47. The SMILES string of the molecule is CC1OC(=O)c2nc3n(c21)CCN(C(=O)OC(C)(C)C)C3. The van der Waals surface area contributed by atoms with Crippen LogP contribution in [0.2, 0.25) is 0 Å². The number of nitrogens with zero attached hydrogens (tertiary/aromatic N) is 3. The number of cyclic esters (lactones) is 1. The summed E-state index contributed by atoms with van der Waals surface area (Å²) < 4.78 is 12.5. The summed E-state index contributed by atoms with van der Waals surface area (Å²) in [5.74, 6) is 0.323. The van der Waals surface area contributed by atoms with Crippen molar-refractivity contribution in [3.05, 3.63) is 17.2 Å². The Morgan fingerprint density at radius 1 is 1.38 bits per heavy atom. The minimum absolute atomic E-state index is 0.276. The molecule has 0 bridgehead atoms. The zero-order valence-corrected chi connectivity index (χ0v) is 12.7. The zero-order chi connectivity index (χ0) is 15.4. The third-order valence-corrected chi connectivity index (χ3v) is 3.53. The van der Waals surface area contributed by atoms with Crippen molar-refractivity contribution in [2.45, 2.75) is 52.5 Å². The van der Waals surface area contributed by atoms with Crippen molar-refractivity contribution in [1.29, 1.82) is 0 Å². The van der Waals surface area contributed by atoms with Gasteiger partial charge in [-0.15, -0.1) is 0 Å². The Morgan fingerprint density at radius 2 is 2.10 bits per heavy atom. The lowest BCUT2D eigenvalue weighted by Gasteiger charge is -2.31. The molecule has 0 saturated heterocycles. The molecular weight excluding hydrogens is 274 g/mol. The Morgan fingerprint density at radius 3 is 2.76 bits per heavy atom. The van der Waals surface area contributed by atoms with Crippen molar-refractivity contribution >= 4 is 12.1 Å². The van der Waals surface area contributed by atoms with Crippen molar-refractivity contribution in [2.75, 3.05) is 6.54 Å². The molecule has 0 aromatic carbocycles. The van der Waals surface area contributed by atoms with E-state index in [1.54, 1.807) is 4.90 Å². The Bertz CT molecular complexity index is 614. The number of aromatic nitrogens is 2. The summed E-state index contributed by atoms with van der Waals surface area (Å²) in [5.41, 5.74) is 0.673. The van der Waals surface area contributed by atoms with Crippen LogP contribution in [0.25, 0.3) is 0 Å². The molecule has 0 saturated carbocycles. The number of carbonyl (C=O) groups excluding carboxylic acids is 2. The maximum absolute atomic E-state index is 12.1. The minimum Gasteiger partial charge on any atom is -0.451 e. The number of ether oxygens (including phenoxy) is 2. The summed E-state index contributed by atoms with van der Waals surface area (Å²) in [6.07, 6.45) is -0.630. The molecular formula is C14H19N3O4. The molecule has 1 unspecified atom stereocenters. The standard InChI is InChI=1S/C14H19N3O4/c1-8-11-10(12(18)20-8)15-9-7-16(5-6-17(9)11)13(19)21-14(2,3)4/h8H,5-7H2,1-4H3. The third kappa shape index (κ3) is 2.36. The molecule has 2 aliphatic heterocycles. The molecule has 0 fully saturated rings. The van der Waals surface area contributed by atoms with Crippen LogP contribution in [0.4, 0.5) is 4.79 Å². The van der Waals surface area contributed by atoms with Gasteiger partial charge in [0.2, 0.25) is 0 Å². The van der Waals surface area contributed by atoms with Crippen molar-refractivity contribution in [2.24, 2.45) is 0 Å². The number of rotatable bonds is 0. The summed E-state index contributed by atoms with van der Waals surface area (Å²) in [7, 11) is 0. The van der Waals surface area contributed by atoms with Crippen molar-refractivity contribution < 1.29 is 19.1 Å². The van der Waals surface area contributed by atoms with Crippen LogP contribution in [0.15, 0.2) is 0 Å². The second-order valence-electron chi connectivity index (χ2n) is 6.36. The summed E-state index contributed by atoms with van der Waals surface area (Å²) in [5, 5.41) is 0. The third-order valence-electron chi connectivity index (χ3n) is 3.53. The van der Waals surface area contributed by atoms with E-state index in [1.807, 2.05) is 32.3 Å². The average Bonchev–Trinajstić information content (AvgIpc) is 2.86. The van der Waals surface area contributed by atoms with Gasteiger partial charge in [-0.05, 0) is 27.7 Å². The van der Waals surface area contributed by atoms with E-state index in [2.05, 4.69) is 4.98 Å². The average molecular weight is 293 g/mol. The van der Waals surface area contributed by atoms with Crippen molar-refractivity contribution in [3.63, 3.8) is 0 Å². The Balaban J connectivity index is 1.82. The van der Waals surface area contributed by atoms with Crippen molar-refractivity contribution in [1.82, 2.24) is 14.5 Å². The Hall–Kier alpha value is -2.05. The van der Waals surface area contributed by atoms with Gasteiger partial charge in [0.1, 0.15) is 17.5 Å². The second-order valence-corrected chi connectivity index (χ2v) is 6.36. The van der Waals surface area contributed by atoms with Crippen LogP contribution in [0.3, 0.4) is 0 Å². The molecule has 7 nitrogen and oxygen atoms in total. The van der Waals surface area contributed by atoms with Crippen LogP contribution < -0.4 is 0 Å². The molecule has 2 aliphatic rings. The molecule has 3 rings (SSSR count). The summed E-state index contributed by atoms with van der Waals surface area (Å²) >= 11 is 0. The molecule has 0 spiro atoms. The highest BCUT2D eigenvalue weighted by molar-refractivity contribution is 5.91. The van der Waals surface area contributed by atoms with Gasteiger partial charge >= 0.3 is 12.1 Å². The molecule has 1 atom stereocenters. The molecule has 1 aromatic heterocycles. The van der Waals surface area contributed by atoms with E-state index in [1.165, 1.54) is 0 Å². The van der Waals surface area contributed by atoms with Gasteiger partial charge in [0, 0.05) is 13.1 Å². The maximum atomic E-state index is 12.1. The highest BCUT2D eigenvalue weighted by atomic mass is 16.6. The lowest BCUT2D eigenvalue weighted by molar-refractivity contribution is 0.0190. The van der Waals surface area contributed by atoms with Crippen LogP contribution >= 0.6 is 0 Å². The minimum atomic E-state index is -0.524. The lowest BCUT2D eigenvalue weighted by Crippen LogP contribution is -2.41. The molecule has 114 valence electrons. The van der Waals surface area contributed by atoms with Gasteiger partial charge in [-0.1, -0.05) is 0 Å². The number of imidazole rings is 1. The van der Waals surface area contributed by atoms with Gasteiger partial charge in [0.05, 0.1) is 12.2 Å². The van der Waals surface area contributed by atoms with Crippen LogP contribution in [-0.4, -0.2) is 38.7 Å². The van der Waals surface area contributed by atoms with Gasteiger partial charge in [-0.25, -0.2) is 14.6 Å². The smallest absolute Gasteiger partial charge is 0.410 e. The first-order valence-corrected chi connectivity index (χ1v) is 7.04. The fourth-order valence-corrected chi connectivity index (χ4v) is 2.67. The number of hydrogen-bond acceptors (Lipinski definition) is 5. The number of fused-ring (bicyclic) bond motifs is 3. The fourth-order valence-electron chi connectivity index (χ4n) is 2.67. The van der Waals surface area contributed by atoms with Gasteiger partial charge < -0.3 is 14.0 Å². The van der Waals surface area contributed by atoms with Crippen molar-refractivity contribution in [3.8, 4) is 0 Å². The number of esters is 1. The predicted molar refractivity (Wildman–Crippen MR) is 72.7 cm³/mol. The highest BCUT2D eigenvalue weighted by Gasteiger charge is 2.38. The Kier molecular flexibility index (Phi) is 2.96. The number of hydrogen-bond donors (Lipinski definition) is 0. The molecule has 1 aromatic rings. The van der Waals surface area contributed by atoms with Crippen LogP contribution in [0.1, 0.15) is 55.8 Å². The van der Waals surface area contributed by atoms with Gasteiger partial charge in [0.15, 0.2) is 5.69 Å². The summed E-state index contributed by atoms with van der Waals surface area (Å²) in [6, 6.07) is 0. The van der Waals surface area contributed by atoms with E-state index in [0.717, 1.165) is 5.69 Å². The summed E-state index contributed by atoms with van der Waals surface area (Å²) in [4.78, 5) is 29.7. The topological polar surface area (TPSA) is 73.7 Å². The van der Waals surface area contributed by atoms with Gasteiger partial charge in [-0.3, -0.25) is 4.90 Å². The van der Waals surface area contributed by atoms with E-state index in [0.29, 0.717) is 31.2 Å². The van der Waals surface area contributed by atoms with E-state index >= 15 is 0 Å². The lowest BCUT2D eigenvalue weighted by atomic mass is 10.2. The number of carbonyl (C=O) groups is 2. The van der Waals surface area contributed by atoms with Gasteiger partial charge in [0.25, 0.3) is 0 Å².